The lowest BCUT2D eigenvalue weighted by Crippen LogP contribution is -2.20. The van der Waals surface area contributed by atoms with E-state index in [4.69, 9.17) is 0 Å². The number of fused-ring (bicyclic) bond motifs is 2. The average molecular weight is 275 g/mol. The molecule has 5 heteroatoms. The Morgan fingerprint density at radius 3 is 2.70 bits per heavy atom. The molecular formula is C15H21N3O2. The van der Waals surface area contributed by atoms with Crippen LogP contribution in [0.1, 0.15) is 25.7 Å². The van der Waals surface area contributed by atoms with Crippen LogP contribution in [0.5, 0.6) is 0 Å². The quantitative estimate of drug-likeness (QED) is 0.637. The smallest absolute Gasteiger partial charge is 0.315 e. The van der Waals surface area contributed by atoms with Gasteiger partial charge in [0, 0.05) is 13.6 Å². The highest BCUT2D eigenvalue weighted by molar-refractivity contribution is 5.76. The Kier molecular flexibility index (Phi) is 3.51. The van der Waals surface area contributed by atoms with Crippen molar-refractivity contribution in [2.45, 2.75) is 25.7 Å². The van der Waals surface area contributed by atoms with Crippen molar-refractivity contribution in [2.24, 2.45) is 17.8 Å². The standard InChI is InChI=1S/C15H21N3O2/c1-16-13-3-2-4-14(15(13)18(19)20)17-9-12-8-10-5-6-11(12)7-10/h2-4,10-12,16-17H,5-9H2,1H3. The van der Waals surface area contributed by atoms with E-state index in [1.165, 1.54) is 25.7 Å². The molecule has 0 aliphatic heterocycles. The fraction of sp³-hybridized carbons (Fsp3) is 0.600. The SMILES string of the molecule is CNc1cccc(NCC2CC3CCC2C3)c1[N+](=O)[O-]. The zero-order valence-electron chi connectivity index (χ0n) is 11.8. The van der Waals surface area contributed by atoms with Gasteiger partial charge in [-0.2, -0.15) is 0 Å². The van der Waals surface area contributed by atoms with Crippen LogP contribution in [0.2, 0.25) is 0 Å². The van der Waals surface area contributed by atoms with Crippen LogP contribution >= 0.6 is 0 Å². The van der Waals surface area contributed by atoms with Crippen molar-refractivity contribution in [2.75, 3.05) is 24.2 Å². The first-order valence-electron chi connectivity index (χ1n) is 7.38. The fourth-order valence-electron chi connectivity index (χ4n) is 3.95. The number of para-hydroxylation sites is 1. The molecule has 2 aliphatic rings. The van der Waals surface area contributed by atoms with Gasteiger partial charge in [-0.3, -0.25) is 10.1 Å². The minimum absolute atomic E-state index is 0.151. The molecule has 3 rings (SSSR count). The maximum atomic E-state index is 11.3. The molecule has 0 spiro atoms. The highest BCUT2D eigenvalue weighted by Crippen LogP contribution is 2.48. The number of benzene rings is 1. The number of nitrogens with zero attached hydrogens (tertiary/aromatic N) is 1. The number of hydrogen-bond acceptors (Lipinski definition) is 4. The molecule has 1 aromatic carbocycles. The molecule has 0 saturated heterocycles. The van der Waals surface area contributed by atoms with E-state index < -0.39 is 0 Å². The molecule has 2 saturated carbocycles. The molecule has 108 valence electrons. The molecule has 2 aliphatic carbocycles. The molecule has 3 atom stereocenters. The van der Waals surface area contributed by atoms with E-state index in [0.29, 0.717) is 17.3 Å². The predicted molar refractivity (Wildman–Crippen MR) is 80.1 cm³/mol. The number of nitro benzene ring substituents is 1. The van der Waals surface area contributed by atoms with Crippen molar-refractivity contribution < 1.29 is 4.92 Å². The monoisotopic (exact) mass is 275 g/mol. The first kappa shape index (κ1) is 13.2. The summed E-state index contributed by atoms with van der Waals surface area (Å²) in [4.78, 5) is 10.9. The molecular weight excluding hydrogens is 254 g/mol. The zero-order valence-corrected chi connectivity index (χ0v) is 11.8. The fourth-order valence-corrected chi connectivity index (χ4v) is 3.95. The van der Waals surface area contributed by atoms with Gasteiger partial charge in [0.2, 0.25) is 0 Å². The van der Waals surface area contributed by atoms with Crippen LogP contribution in [-0.4, -0.2) is 18.5 Å². The Hall–Kier alpha value is -1.78. The second kappa shape index (κ2) is 5.31. The Morgan fingerprint density at radius 1 is 1.30 bits per heavy atom. The Labute approximate surface area is 118 Å². The van der Waals surface area contributed by atoms with Crippen molar-refractivity contribution in [3.8, 4) is 0 Å². The molecule has 5 nitrogen and oxygen atoms in total. The summed E-state index contributed by atoms with van der Waals surface area (Å²) in [5.74, 6) is 2.43. The van der Waals surface area contributed by atoms with E-state index >= 15 is 0 Å². The third kappa shape index (κ3) is 2.32. The van der Waals surface area contributed by atoms with Crippen molar-refractivity contribution in [3.05, 3.63) is 28.3 Å². The number of nitro groups is 1. The van der Waals surface area contributed by atoms with Gasteiger partial charge in [0.15, 0.2) is 0 Å². The maximum absolute atomic E-state index is 11.3. The maximum Gasteiger partial charge on any atom is 0.315 e. The highest BCUT2D eigenvalue weighted by atomic mass is 16.6. The van der Waals surface area contributed by atoms with Crippen LogP contribution in [0.25, 0.3) is 0 Å². The van der Waals surface area contributed by atoms with E-state index in [0.717, 1.165) is 18.4 Å². The van der Waals surface area contributed by atoms with Crippen molar-refractivity contribution in [1.29, 1.82) is 0 Å². The minimum atomic E-state index is -0.311. The lowest BCUT2D eigenvalue weighted by Gasteiger charge is -2.22. The summed E-state index contributed by atoms with van der Waals surface area (Å²) in [6, 6.07) is 5.38. The van der Waals surface area contributed by atoms with Crippen molar-refractivity contribution in [1.82, 2.24) is 0 Å². The Morgan fingerprint density at radius 2 is 2.10 bits per heavy atom. The number of anilines is 2. The average Bonchev–Trinajstić information content (AvgIpc) is 3.06. The summed E-state index contributed by atoms with van der Waals surface area (Å²) in [5, 5.41) is 17.5. The highest BCUT2D eigenvalue weighted by Gasteiger charge is 2.39. The molecule has 20 heavy (non-hydrogen) atoms. The van der Waals surface area contributed by atoms with Crippen LogP contribution < -0.4 is 10.6 Å². The van der Waals surface area contributed by atoms with Gasteiger partial charge in [-0.15, -0.1) is 0 Å². The Balaban J connectivity index is 1.72. The minimum Gasteiger partial charge on any atom is -0.382 e. The van der Waals surface area contributed by atoms with Crippen LogP contribution in [0.4, 0.5) is 17.1 Å². The van der Waals surface area contributed by atoms with Crippen LogP contribution in [0, 0.1) is 27.9 Å². The zero-order chi connectivity index (χ0) is 14.1. The van der Waals surface area contributed by atoms with E-state index in [9.17, 15) is 10.1 Å². The first-order chi connectivity index (χ1) is 9.69. The first-order valence-corrected chi connectivity index (χ1v) is 7.38. The van der Waals surface area contributed by atoms with Gasteiger partial charge < -0.3 is 10.6 Å². The van der Waals surface area contributed by atoms with Gasteiger partial charge >= 0.3 is 5.69 Å². The third-order valence-corrected chi connectivity index (χ3v) is 4.93. The predicted octanol–water partition coefficient (Wildman–Crippen LogP) is 3.48. The van der Waals surface area contributed by atoms with Crippen LogP contribution in [0.3, 0.4) is 0 Å². The summed E-state index contributed by atoms with van der Waals surface area (Å²) >= 11 is 0. The topological polar surface area (TPSA) is 67.2 Å². The third-order valence-electron chi connectivity index (χ3n) is 4.93. The number of nitrogens with one attached hydrogen (secondary N) is 2. The molecule has 2 N–H and O–H groups in total. The van der Waals surface area contributed by atoms with Crippen molar-refractivity contribution >= 4 is 17.1 Å². The van der Waals surface area contributed by atoms with Gasteiger partial charge in [-0.05, 0) is 49.1 Å². The lowest BCUT2D eigenvalue weighted by molar-refractivity contribution is -0.383. The molecule has 2 bridgehead atoms. The molecule has 2 fully saturated rings. The summed E-state index contributed by atoms with van der Waals surface area (Å²) in [5.41, 5.74) is 1.34. The second-order valence-electron chi connectivity index (χ2n) is 6.02. The number of hydrogen-bond donors (Lipinski definition) is 2. The van der Waals surface area contributed by atoms with E-state index in [-0.39, 0.29) is 10.6 Å². The molecule has 1 aromatic rings. The largest absolute Gasteiger partial charge is 0.382 e. The van der Waals surface area contributed by atoms with E-state index in [1.807, 2.05) is 6.07 Å². The van der Waals surface area contributed by atoms with E-state index in [2.05, 4.69) is 10.6 Å². The van der Waals surface area contributed by atoms with Gasteiger partial charge in [-0.25, -0.2) is 0 Å². The van der Waals surface area contributed by atoms with Gasteiger partial charge in [0.1, 0.15) is 11.4 Å². The summed E-state index contributed by atoms with van der Waals surface area (Å²) in [7, 11) is 1.71. The van der Waals surface area contributed by atoms with Gasteiger partial charge in [0.25, 0.3) is 0 Å². The molecule has 0 heterocycles. The normalized spacial score (nSPS) is 27.6. The van der Waals surface area contributed by atoms with Gasteiger partial charge in [-0.1, -0.05) is 12.5 Å². The Bertz CT molecular complexity index is 518. The molecule has 0 radical (unpaired) electrons. The summed E-state index contributed by atoms with van der Waals surface area (Å²) < 4.78 is 0. The van der Waals surface area contributed by atoms with Gasteiger partial charge in [0.05, 0.1) is 4.92 Å². The van der Waals surface area contributed by atoms with Crippen LogP contribution in [0.15, 0.2) is 18.2 Å². The summed E-state index contributed by atoms with van der Waals surface area (Å²) in [6.45, 7) is 0.856. The second-order valence-corrected chi connectivity index (χ2v) is 6.02. The lowest BCUT2D eigenvalue weighted by atomic mass is 9.89. The summed E-state index contributed by atoms with van der Waals surface area (Å²) in [6.07, 6.45) is 5.38. The van der Waals surface area contributed by atoms with E-state index in [1.54, 1.807) is 19.2 Å². The number of rotatable bonds is 5. The molecule has 0 aromatic heterocycles. The van der Waals surface area contributed by atoms with Crippen molar-refractivity contribution in [3.63, 3.8) is 0 Å². The molecule has 0 amide bonds. The molecule has 3 unspecified atom stereocenters. The van der Waals surface area contributed by atoms with Crippen LogP contribution in [-0.2, 0) is 0 Å².